The summed E-state index contributed by atoms with van der Waals surface area (Å²) in [4.78, 5) is 40.1. The zero-order valence-electron chi connectivity index (χ0n) is 52.1. The van der Waals surface area contributed by atoms with Gasteiger partial charge in [-0.05, 0) is 173 Å². The minimum Gasteiger partial charge on any atom is -0.657 e. The summed E-state index contributed by atoms with van der Waals surface area (Å²) in [7, 11) is 0. The molecular weight excluding hydrogens is 1260 g/mol. The summed E-state index contributed by atoms with van der Waals surface area (Å²) in [6.07, 6.45) is 9.74. The Morgan fingerprint density at radius 2 is 1.08 bits per heavy atom. The van der Waals surface area contributed by atoms with Crippen LogP contribution in [0, 0.1) is 20.8 Å². The van der Waals surface area contributed by atoms with Crippen LogP contribution in [0.5, 0.6) is 11.5 Å². The van der Waals surface area contributed by atoms with Crippen molar-refractivity contribution in [3.8, 4) is 56.0 Å². The Morgan fingerprint density at radius 1 is 0.484 bits per heavy atom. The quantitative estimate of drug-likeness (QED) is 0.159. The van der Waals surface area contributed by atoms with E-state index in [1.165, 1.54) is 11.1 Å². The van der Waals surface area contributed by atoms with Crippen molar-refractivity contribution in [2.24, 2.45) is 0 Å². The van der Waals surface area contributed by atoms with Crippen molar-refractivity contribution in [1.29, 1.82) is 0 Å². The molecule has 10 aromatic rings. The molecule has 11 heterocycles. The van der Waals surface area contributed by atoms with Crippen LogP contribution >= 0.6 is 46.4 Å². The Morgan fingerprint density at radius 3 is 1.76 bits per heavy atom. The molecule has 0 atom stereocenters. The minimum atomic E-state index is -0.546. The van der Waals surface area contributed by atoms with Gasteiger partial charge in [0.1, 0.15) is 11.5 Å². The topological polar surface area (TPSA) is 121 Å². The van der Waals surface area contributed by atoms with Crippen molar-refractivity contribution in [2.75, 3.05) is 0 Å². The van der Waals surface area contributed by atoms with Crippen LogP contribution in [0.2, 0.25) is 20.1 Å². The molecule has 91 heavy (non-hydrogen) atoms. The van der Waals surface area contributed by atoms with E-state index in [2.05, 4.69) is 146 Å². The smallest absolute Gasteiger partial charge is 0.657 e. The first-order valence-corrected chi connectivity index (χ1v) is 31.9. The first kappa shape index (κ1) is 60.2. The van der Waals surface area contributed by atoms with E-state index >= 15 is 0 Å². The maximum Gasteiger partial charge on any atom is 2.00 e. The van der Waals surface area contributed by atoms with Crippen LogP contribution in [0.1, 0.15) is 134 Å². The van der Waals surface area contributed by atoms with E-state index in [1.807, 2.05) is 78.9 Å². The third-order valence-electron chi connectivity index (χ3n) is 19.0. The largest absolute Gasteiger partial charge is 2.00 e. The van der Waals surface area contributed by atoms with E-state index in [1.54, 1.807) is 0 Å². The summed E-state index contributed by atoms with van der Waals surface area (Å²) in [5, 5.41) is 1.97. The number of nitrogens with one attached hydrogen (secondary N) is 2. The number of halogens is 4. The molecule has 5 aliphatic rings. The van der Waals surface area contributed by atoms with Gasteiger partial charge in [-0.1, -0.05) is 157 Å². The third-order valence-corrected chi connectivity index (χ3v) is 20.2. The van der Waals surface area contributed by atoms with Gasteiger partial charge < -0.3 is 24.7 Å². The van der Waals surface area contributed by atoms with Crippen LogP contribution in [0.25, 0.3) is 135 Å². The monoisotopic (exact) mass is 1320 g/mol. The number of H-pyrrole nitrogens is 2. The predicted octanol–water partition coefficient (Wildman–Crippen LogP) is 22.0. The second kappa shape index (κ2) is 22.8. The number of rotatable bonds is 6. The van der Waals surface area contributed by atoms with Crippen molar-refractivity contribution in [2.45, 2.75) is 87.5 Å². The molecule has 2 N–H and O–H groups in total. The summed E-state index contributed by atoms with van der Waals surface area (Å²) in [6.45, 7) is 22.0. The number of hydrogen-bond donors (Lipinski definition) is 2. The molecule has 0 saturated heterocycles. The molecule has 0 amide bonds. The van der Waals surface area contributed by atoms with Gasteiger partial charge in [0.15, 0.2) is 0 Å². The maximum absolute atomic E-state index is 7.58. The molecule has 5 aliphatic heterocycles. The maximum atomic E-state index is 7.58. The van der Waals surface area contributed by atoms with Crippen molar-refractivity contribution >= 4 is 137 Å². The molecule has 14 heteroatoms. The fraction of sp³-hybridized carbons (Fsp3) is 0.169. The van der Waals surface area contributed by atoms with Gasteiger partial charge in [0, 0.05) is 72.0 Å². The van der Waals surface area contributed by atoms with Gasteiger partial charge in [0.05, 0.1) is 65.6 Å². The molecular formula is C77H60Cl4N8OZn. The van der Waals surface area contributed by atoms with Gasteiger partial charge >= 0.3 is 19.5 Å². The van der Waals surface area contributed by atoms with E-state index in [-0.39, 0.29) is 19.5 Å². The molecule has 6 aromatic heterocycles. The normalized spacial score (nSPS) is 13.8. The molecule has 9 nitrogen and oxygen atoms in total. The van der Waals surface area contributed by atoms with Gasteiger partial charge in [-0.25, -0.2) is 19.9 Å². The van der Waals surface area contributed by atoms with E-state index in [0.29, 0.717) is 54.0 Å². The molecule has 0 radical (unpaired) electrons. The van der Waals surface area contributed by atoms with E-state index in [0.717, 1.165) is 169 Å². The number of para-hydroxylation sites is 1. The van der Waals surface area contributed by atoms with Crippen molar-refractivity contribution < 1.29 is 24.2 Å². The number of hydrogen-bond acceptors (Lipinski definition) is 5. The Hall–Kier alpha value is -8.34. The van der Waals surface area contributed by atoms with Crippen molar-refractivity contribution in [3.63, 3.8) is 0 Å². The first-order chi connectivity index (χ1) is 43.4. The molecule has 0 aliphatic carbocycles. The summed E-state index contributed by atoms with van der Waals surface area (Å²) in [5.41, 5.74) is 29.8. The number of ether oxygens (including phenoxy) is 1. The molecule has 444 valence electrons. The number of allylic oxidation sites excluding steroid dienone is 4. The van der Waals surface area contributed by atoms with Gasteiger partial charge in [-0.15, -0.1) is 22.1 Å². The van der Waals surface area contributed by atoms with Crippen LogP contribution < -0.4 is 14.7 Å². The Labute approximate surface area is 560 Å². The Kier molecular flexibility index (Phi) is 15.1. The van der Waals surface area contributed by atoms with Crippen molar-refractivity contribution in [1.82, 2.24) is 39.9 Å². The summed E-state index contributed by atoms with van der Waals surface area (Å²) < 4.78 is 7.58. The molecule has 0 spiro atoms. The Bertz CT molecular complexity index is 5270. The second-order valence-electron chi connectivity index (χ2n) is 24.3. The molecule has 15 rings (SSSR count). The minimum absolute atomic E-state index is 0. The van der Waals surface area contributed by atoms with Gasteiger partial charge in [0.2, 0.25) is 0 Å². The predicted molar refractivity (Wildman–Crippen MR) is 376 cm³/mol. The molecule has 0 saturated carbocycles. The van der Waals surface area contributed by atoms with Crippen LogP contribution in [0.4, 0.5) is 0 Å². The average molecular weight is 1320 g/mol. The van der Waals surface area contributed by atoms with Crippen LogP contribution in [-0.2, 0) is 31.3 Å². The number of benzene rings is 4. The Balaban J connectivity index is 0.00000721. The average Bonchev–Trinajstić information content (AvgIpc) is 1.59. The number of nitrogens with zero attached hydrogens (tertiary/aromatic N) is 6. The number of fused-ring (bicyclic) bond motifs is 18. The first-order valence-electron chi connectivity index (χ1n) is 30.4. The fourth-order valence-corrected chi connectivity index (χ4v) is 15.0. The summed E-state index contributed by atoms with van der Waals surface area (Å²) in [5.74, 6) is 1.43. The standard InChI is InChI=1S/C77H60Cl4N8O.Zn/c1-11-46-41(7)63-34-61-37(3)39(5)74(88-61)69(75-40(6)38(4)62(89-75)35-64-42(8)47(12-2)66(87-64)36-65(46)86-63)48-16-13-17-50-76(48)90-67-32-43(22-25-49(67)77(50,9)10)68-55-28-30-59(84-55)72(70-51(78)18-14-19-52(70)79)57-26-23-44(82-57)33-45-24-27-58(83-45)73(60-31-29-56(68)85-60)71-53(80)20-15-21-54(71)81;/h13-36,82,85H,11-12H2,1-10H3;/q-2;+2. The van der Waals surface area contributed by atoms with E-state index in [4.69, 9.17) is 81.0 Å². The SMILES string of the molecule is CCC1=C(C)c2cc3[n-]c(c(C)c3C)c(-c3cccc4c3Oc3cc(-c5c6nc(c(-c7c(Cl)cccc7Cl)c7ccc(cc8nc(c(-c9c(Cl)cccc9Cl)c9ccc5[nH]9)C=C8)[nH]7)C=C6)ccc3C4(C)C)c3nc(cc4[n-]c(cc1n2)c(CC)c4C)C(C)=C3C.[Zn+2]. The summed E-state index contributed by atoms with van der Waals surface area (Å²) >= 11 is 28.5. The fourth-order valence-electron chi connectivity index (χ4n) is 13.8. The second-order valence-corrected chi connectivity index (χ2v) is 26.0. The summed E-state index contributed by atoms with van der Waals surface area (Å²) in [6, 6.07) is 40.8. The third kappa shape index (κ3) is 9.74. The van der Waals surface area contributed by atoms with E-state index < -0.39 is 5.41 Å². The number of aromatic amines is 2. The molecule has 0 unspecified atom stereocenters. The van der Waals surface area contributed by atoms with Gasteiger partial charge in [-0.2, -0.15) is 0 Å². The zero-order valence-corrected chi connectivity index (χ0v) is 58.1. The molecule has 4 aromatic carbocycles. The van der Waals surface area contributed by atoms with E-state index in [9.17, 15) is 0 Å². The van der Waals surface area contributed by atoms with Crippen molar-refractivity contribution in [3.05, 3.63) is 220 Å². The zero-order chi connectivity index (χ0) is 62.3. The van der Waals surface area contributed by atoms with Crippen LogP contribution in [-0.4, -0.2) is 29.9 Å². The van der Waals surface area contributed by atoms with Crippen LogP contribution in [0.3, 0.4) is 0 Å². The van der Waals surface area contributed by atoms with Gasteiger partial charge in [0.25, 0.3) is 0 Å². The molecule has 16 bridgehead atoms. The number of aryl methyl sites for hydroxylation is 4. The molecule has 0 fully saturated rings. The van der Waals surface area contributed by atoms with Gasteiger partial charge in [-0.3, -0.25) is 0 Å². The number of aromatic nitrogens is 8. The van der Waals surface area contributed by atoms with Crippen LogP contribution in [0.15, 0.2) is 121 Å².